The Morgan fingerprint density at radius 2 is 2.18 bits per heavy atom. The van der Waals surface area contributed by atoms with E-state index in [9.17, 15) is 10.1 Å². The SMILES string of the molecule is CCOc1ccc(-c2nn(-c3ccccc3)cc2/C=C(\C#N)C(=O)NC[C@@H]2CCCO2)cc1Cl. The maximum atomic E-state index is 12.7. The molecule has 4 rings (SSSR count). The number of ether oxygens (including phenoxy) is 2. The van der Waals surface area contributed by atoms with E-state index in [-0.39, 0.29) is 11.7 Å². The molecule has 0 aliphatic carbocycles. The van der Waals surface area contributed by atoms with Crippen LogP contribution in [0.25, 0.3) is 23.0 Å². The van der Waals surface area contributed by atoms with Crippen molar-refractivity contribution < 1.29 is 14.3 Å². The lowest BCUT2D eigenvalue weighted by Gasteiger charge is -2.10. The van der Waals surface area contributed by atoms with Crippen molar-refractivity contribution >= 4 is 23.6 Å². The van der Waals surface area contributed by atoms with Crippen molar-refractivity contribution in [2.45, 2.75) is 25.9 Å². The lowest BCUT2D eigenvalue weighted by molar-refractivity contribution is -0.117. The fraction of sp³-hybridized carbons (Fsp3) is 0.269. The smallest absolute Gasteiger partial charge is 0.262 e. The van der Waals surface area contributed by atoms with Gasteiger partial charge in [0.2, 0.25) is 0 Å². The van der Waals surface area contributed by atoms with Gasteiger partial charge in [0.1, 0.15) is 23.1 Å². The van der Waals surface area contributed by atoms with E-state index in [1.807, 2.05) is 49.4 Å². The minimum atomic E-state index is -0.443. The first-order valence-corrected chi connectivity index (χ1v) is 11.6. The average molecular weight is 477 g/mol. The molecule has 0 radical (unpaired) electrons. The van der Waals surface area contributed by atoms with Crippen molar-refractivity contribution in [1.82, 2.24) is 15.1 Å². The second-order valence-electron chi connectivity index (χ2n) is 7.81. The van der Waals surface area contributed by atoms with Crippen LogP contribution in [0.1, 0.15) is 25.3 Å². The zero-order valence-electron chi connectivity index (χ0n) is 18.8. The number of nitrogens with one attached hydrogen (secondary N) is 1. The summed E-state index contributed by atoms with van der Waals surface area (Å²) < 4.78 is 12.8. The van der Waals surface area contributed by atoms with E-state index < -0.39 is 5.91 Å². The number of benzene rings is 2. The highest BCUT2D eigenvalue weighted by Crippen LogP contribution is 2.32. The number of carbonyl (C=O) groups excluding carboxylic acids is 1. The van der Waals surface area contributed by atoms with E-state index in [0.29, 0.717) is 41.8 Å². The predicted molar refractivity (Wildman–Crippen MR) is 131 cm³/mol. The Morgan fingerprint density at radius 3 is 2.85 bits per heavy atom. The third-order valence-electron chi connectivity index (χ3n) is 5.45. The second-order valence-corrected chi connectivity index (χ2v) is 8.21. The number of hydrogen-bond acceptors (Lipinski definition) is 5. The van der Waals surface area contributed by atoms with E-state index in [4.69, 9.17) is 26.2 Å². The van der Waals surface area contributed by atoms with Gasteiger partial charge in [-0.25, -0.2) is 4.68 Å². The lowest BCUT2D eigenvalue weighted by atomic mass is 10.1. The molecule has 2 heterocycles. The predicted octanol–water partition coefficient (Wildman–Crippen LogP) is 4.79. The number of halogens is 1. The van der Waals surface area contributed by atoms with Crippen LogP contribution >= 0.6 is 11.6 Å². The zero-order valence-corrected chi connectivity index (χ0v) is 19.6. The lowest BCUT2D eigenvalue weighted by Crippen LogP contribution is -2.32. The highest BCUT2D eigenvalue weighted by Gasteiger charge is 2.19. The minimum Gasteiger partial charge on any atom is -0.492 e. The molecular formula is C26H25ClN4O3. The molecule has 0 spiro atoms. The molecule has 0 unspecified atom stereocenters. The van der Waals surface area contributed by atoms with Gasteiger partial charge in [0.15, 0.2) is 0 Å². The van der Waals surface area contributed by atoms with Crippen molar-refractivity contribution in [2.75, 3.05) is 19.8 Å². The Bertz CT molecular complexity index is 1220. The van der Waals surface area contributed by atoms with Crippen LogP contribution in [0.5, 0.6) is 5.75 Å². The van der Waals surface area contributed by atoms with Crippen LogP contribution in [-0.4, -0.2) is 41.6 Å². The molecule has 0 bridgehead atoms. The number of aromatic nitrogens is 2. The Labute approximate surface area is 203 Å². The van der Waals surface area contributed by atoms with Gasteiger partial charge in [-0.1, -0.05) is 29.8 Å². The number of carbonyl (C=O) groups is 1. The molecule has 8 heteroatoms. The molecule has 0 saturated carbocycles. The molecule has 1 atom stereocenters. The molecule has 174 valence electrons. The molecule has 34 heavy (non-hydrogen) atoms. The molecule has 1 amide bonds. The van der Waals surface area contributed by atoms with Crippen LogP contribution in [0.4, 0.5) is 0 Å². The molecule has 1 aliphatic heterocycles. The largest absolute Gasteiger partial charge is 0.492 e. The number of nitriles is 1. The van der Waals surface area contributed by atoms with Crippen LogP contribution in [-0.2, 0) is 9.53 Å². The van der Waals surface area contributed by atoms with E-state index in [2.05, 4.69) is 5.32 Å². The quantitative estimate of drug-likeness (QED) is 0.373. The van der Waals surface area contributed by atoms with E-state index in [1.165, 1.54) is 0 Å². The van der Waals surface area contributed by atoms with Crippen LogP contribution < -0.4 is 10.1 Å². The van der Waals surface area contributed by atoms with Crippen molar-refractivity contribution in [3.8, 4) is 28.8 Å². The van der Waals surface area contributed by atoms with Gasteiger partial charge in [0, 0.05) is 30.5 Å². The van der Waals surface area contributed by atoms with Crippen molar-refractivity contribution in [1.29, 1.82) is 5.26 Å². The molecule has 1 aliphatic rings. The summed E-state index contributed by atoms with van der Waals surface area (Å²) in [7, 11) is 0. The molecule has 2 aromatic carbocycles. The second kappa shape index (κ2) is 11.0. The summed E-state index contributed by atoms with van der Waals surface area (Å²) in [6.45, 7) is 3.47. The summed E-state index contributed by atoms with van der Waals surface area (Å²) in [5.74, 6) is 0.139. The summed E-state index contributed by atoms with van der Waals surface area (Å²) >= 11 is 6.42. The number of hydrogen-bond donors (Lipinski definition) is 1. The highest BCUT2D eigenvalue weighted by atomic mass is 35.5. The van der Waals surface area contributed by atoms with E-state index in [1.54, 1.807) is 29.1 Å². The van der Waals surface area contributed by atoms with Gasteiger partial charge in [-0.05, 0) is 56.2 Å². The Morgan fingerprint density at radius 1 is 1.35 bits per heavy atom. The molecule has 3 aromatic rings. The Kier molecular flexibility index (Phi) is 7.63. The van der Waals surface area contributed by atoms with Gasteiger partial charge in [-0.15, -0.1) is 0 Å². The first kappa shape index (κ1) is 23.6. The number of para-hydroxylation sites is 1. The summed E-state index contributed by atoms with van der Waals surface area (Å²) in [6, 6.07) is 17.0. The highest BCUT2D eigenvalue weighted by molar-refractivity contribution is 6.32. The topological polar surface area (TPSA) is 89.2 Å². The molecule has 1 fully saturated rings. The molecule has 7 nitrogen and oxygen atoms in total. The summed E-state index contributed by atoms with van der Waals surface area (Å²) in [6.07, 6.45) is 5.22. The molecule has 1 aromatic heterocycles. The Balaban J connectivity index is 1.69. The third kappa shape index (κ3) is 5.48. The van der Waals surface area contributed by atoms with Gasteiger partial charge < -0.3 is 14.8 Å². The average Bonchev–Trinajstić information content (AvgIpc) is 3.53. The van der Waals surface area contributed by atoms with Crippen molar-refractivity contribution in [2.24, 2.45) is 0 Å². The maximum Gasteiger partial charge on any atom is 0.262 e. The minimum absolute atomic E-state index is 0.00807. The van der Waals surface area contributed by atoms with Gasteiger partial charge in [0.05, 0.1) is 23.4 Å². The molecule has 1 N–H and O–H groups in total. The maximum absolute atomic E-state index is 12.7. The number of rotatable bonds is 8. The molecule has 1 saturated heterocycles. The van der Waals surface area contributed by atoms with Gasteiger partial charge in [-0.3, -0.25) is 4.79 Å². The van der Waals surface area contributed by atoms with Crippen LogP contribution in [0.15, 0.2) is 60.3 Å². The van der Waals surface area contributed by atoms with Crippen LogP contribution in [0, 0.1) is 11.3 Å². The summed E-state index contributed by atoms with van der Waals surface area (Å²) in [4.78, 5) is 12.7. The first-order valence-electron chi connectivity index (χ1n) is 11.2. The monoisotopic (exact) mass is 476 g/mol. The first-order chi connectivity index (χ1) is 16.6. The normalized spacial score (nSPS) is 15.7. The number of amides is 1. The fourth-order valence-corrected chi connectivity index (χ4v) is 4.00. The summed E-state index contributed by atoms with van der Waals surface area (Å²) in [5, 5.41) is 17.7. The van der Waals surface area contributed by atoms with Crippen LogP contribution in [0.3, 0.4) is 0 Å². The van der Waals surface area contributed by atoms with Gasteiger partial charge in [-0.2, -0.15) is 10.4 Å². The van der Waals surface area contributed by atoms with E-state index in [0.717, 1.165) is 24.1 Å². The molecular weight excluding hydrogens is 452 g/mol. The third-order valence-corrected chi connectivity index (χ3v) is 5.74. The fourth-order valence-electron chi connectivity index (χ4n) is 3.76. The van der Waals surface area contributed by atoms with Crippen LogP contribution in [0.2, 0.25) is 5.02 Å². The van der Waals surface area contributed by atoms with Gasteiger partial charge >= 0.3 is 0 Å². The Hall–Kier alpha value is -3.60. The van der Waals surface area contributed by atoms with Crippen molar-refractivity contribution in [3.63, 3.8) is 0 Å². The summed E-state index contributed by atoms with van der Waals surface area (Å²) in [5.41, 5.74) is 2.79. The number of nitrogens with zero attached hydrogens (tertiary/aromatic N) is 3. The van der Waals surface area contributed by atoms with Crippen molar-refractivity contribution in [3.05, 3.63) is 70.9 Å². The standard InChI is InChI=1S/C26H25ClN4O3/c1-2-33-24-11-10-18(14-23(24)27)25-20(17-31(30-25)21-7-4-3-5-8-21)13-19(15-28)26(32)29-16-22-9-6-12-34-22/h3-5,7-8,10-11,13-14,17,22H,2,6,9,12,16H2,1H3,(H,29,32)/b19-13+/t22-/m0/s1. The van der Waals surface area contributed by atoms with E-state index >= 15 is 0 Å². The zero-order chi connectivity index (χ0) is 23.9. The van der Waals surface area contributed by atoms with Gasteiger partial charge in [0.25, 0.3) is 5.91 Å².